The Labute approximate surface area is 219 Å². The van der Waals surface area contributed by atoms with Gasteiger partial charge in [-0.25, -0.2) is 9.78 Å². The van der Waals surface area contributed by atoms with Crippen LogP contribution in [0.15, 0.2) is 42.3 Å². The van der Waals surface area contributed by atoms with Crippen molar-refractivity contribution in [1.29, 1.82) is 0 Å². The number of pyridine rings is 2. The molecule has 1 aliphatic heterocycles. The van der Waals surface area contributed by atoms with Gasteiger partial charge in [0.05, 0.1) is 23.3 Å². The van der Waals surface area contributed by atoms with Crippen LogP contribution in [0.25, 0.3) is 22.2 Å². The third-order valence-corrected chi connectivity index (χ3v) is 7.28. The van der Waals surface area contributed by atoms with Crippen LogP contribution in [0.1, 0.15) is 27.2 Å². The first kappa shape index (κ1) is 25.0. The molecule has 0 bridgehead atoms. The van der Waals surface area contributed by atoms with Crippen LogP contribution in [0.2, 0.25) is 0 Å². The van der Waals surface area contributed by atoms with Crippen LogP contribution >= 0.6 is 11.3 Å². The number of aromatic nitrogens is 6. The third-order valence-electron chi connectivity index (χ3n) is 6.67. The van der Waals surface area contributed by atoms with Crippen LogP contribution in [-0.4, -0.2) is 83.2 Å². The number of hydrogen-bond acceptors (Lipinski definition) is 9. The molecule has 1 unspecified atom stereocenters. The summed E-state index contributed by atoms with van der Waals surface area (Å²) in [6, 6.07) is 5.81. The van der Waals surface area contributed by atoms with Gasteiger partial charge in [-0.15, -0.1) is 10.2 Å². The molecule has 1 amide bonds. The van der Waals surface area contributed by atoms with Gasteiger partial charge in [-0.2, -0.15) is 5.10 Å². The molecular weight excluding hydrogens is 490 g/mol. The number of aryl methyl sites for hydroxylation is 1. The average molecular weight is 522 g/mol. The molecule has 11 nitrogen and oxygen atoms in total. The van der Waals surface area contributed by atoms with Gasteiger partial charge >= 0.3 is 6.09 Å². The molecule has 4 aromatic rings. The number of carboxylic acid groups (broad SMARTS) is 1. The van der Waals surface area contributed by atoms with E-state index in [1.54, 1.807) is 10.4 Å². The van der Waals surface area contributed by atoms with Crippen molar-refractivity contribution >= 4 is 39.4 Å². The molecule has 4 aromatic heterocycles. The van der Waals surface area contributed by atoms with Gasteiger partial charge in [-0.05, 0) is 30.0 Å². The van der Waals surface area contributed by atoms with Crippen molar-refractivity contribution in [3.63, 3.8) is 0 Å². The van der Waals surface area contributed by atoms with Crippen LogP contribution in [-0.2, 0) is 6.54 Å². The van der Waals surface area contributed by atoms with Crippen LogP contribution in [0.4, 0.5) is 15.7 Å². The number of hydrogen-bond donors (Lipinski definition) is 2. The van der Waals surface area contributed by atoms with E-state index in [0.29, 0.717) is 17.5 Å². The molecule has 194 valence electrons. The van der Waals surface area contributed by atoms with Crippen LogP contribution in [0, 0.1) is 5.41 Å². The Hall–Kier alpha value is -3.64. The van der Waals surface area contributed by atoms with E-state index in [0.717, 1.165) is 54.8 Å². The molecule has 1 saturated heterocycles. The average Bonchev–Trinajstić information content (AvgIpc) is 3.55. The maximum Gasteiger partial charge on any atom is 0.407 e. The van der Waals surface area contributed by atoms with Gasteiger partial charge in [-0.3, -0.25) is 14.6 Å². The lowest BCUT2D eigenvalue weighted by Gasteiger charge is -2.46. The van der Waals surface area contributed by atoms with Crippen molar-refractivity contribution < 1.29 is 9.90 Å². The molecule has 1 fully saturated rings. The van der Waals surface area contributed by atoms with E-state index in [9.17, 15) is 9.90 Å². The fourth-order valence-corrected chi connectivity index (χ4v) is 5.13. The van der Waals surface area contributed by atoms with E-state index >= 15 is 0 Å². The minimum atomic E-state index is -0.827. The van der Waals surface area contributed by atoms with Crippen LogP contribution < -0.4 is 5.32 Å². The van der Waals surface area contributed by atoms with E-state index in [2.05, 4.69) is 56.3 Å². The monoisotopic (exact) mass is 521 g/mol. The number of nitrogens with zero attached hydrogens (tertiary/aromatic N) is 8. The smallest absolute Gasteiger partial charge is 0.407 e. The molecule has 0 spiro atoms. The summed E-state index contributed by atoms with van der Waals surface area (Å²) in [5, 5.41) is 25.8. The lowest BCUT2D eigenvalue weighted by atomic mass is 9.84. The number of piperazine rings is 1. The largest absolute Gasteiger partial charge is 0.465 e. The summed E-state index contributed by atoms with van der Waals surface area (Å²) in [7, 11) is 0. The number of anilines is 2. The first-order valence-corrected chi connectivity index (χ1v) is 13.2. The number of nitrogens with one attached hydrogen (secondary N) is 1. The summed E-state index contributed by atoms with van der Waals surface area (Å²) in [6.45, 7) is 10.1. The second-order valence-electron chi connectivity index (χ2n) is 10.3. The Bertz CT molecular complexity index is 1370. The van der Waals surface area contributed by atoms with E-state index in [1.807, 2.05) is 41.5 Å². The molecule has 1 atom stereocenters. The zero-order valence-corrected chi connectivity index (χ0v) is 22.0. The highest BCUT2D eigenvalue weighted by molar-refractivity contribution is 7.13. The van der Waals surface area contributed by atoms with Gasteiger partial charge in [0.25, 0.3) is 0 Å². The minimum absolute atomic E-state index is 0.0157. The highest BCUT2D eigenvalue weighted by Crippen LogP contribution is 2.28. The van der Waals surface area contributed by atoms with Gasteiger partial charge in [0.15, 0.2) is 0 Å². The second kappa shape index (κ2) is 10.4. The fourth-order valence-electron chi connectivity index (χ4n) is 4.68. The molecule has 5 rings (SSSR count). The van der Waals surface area contributed by atoms with Crippen molar-refractivity contribution in [2.24, 2.45) is 5.41 Å². The van der Waals surface area contributed by atoms with Crippen molar-refractivity contribution in [2.75, 3.05) is 31.5 Å². The standard InChI is InChI=1S/C25H31N9O2S/c1-25(2,3)21-15-32(9-10-34(21)24(35)36)7-4-8-33-14-18(13-28-33)17-11-20-19(26-12-17)5-6-22(29-20)30-23-31-27-16-37-23/h5-6,11-14,16,21H,4,7-10,15H2,1-3H3,(H,35,36)(H,29,30,31). The molecule has 1 aliphatic rings. The molecular formula is C25H31N9O2S. The second-order valence-corrected chi connectivity index (χ2v) is 11.2. The topological polar surface area (TPSA) is 125 Å². The van der Waals surface area contributed by atoms with E-state index in [1.165, 1.54) is 11.3 Å². The summed E-state index contributed by atoms with van der Waals surface area (Å²) in [5.41, 5.74) is 5.11. The normalized spacial score (nSPS) is 16.8. The van der Waals surface area contributed by atoms with Gasteiger partial charge in [0.1, 0.15) is 11.3 Å². The van der Waals surface area contributed by atoms with E-state index in [-0.39, 0.29) is 11.5 Å². The van der Waals surface area contributed by atoms with Crippen LogP contribution in [0.5, 0.6) is 0 Å². The Morgan fingerprint density at radius 1 is 1.16 bits per heavy atom. The number of carbonyl (C=O) groups is 1. The molecule has 5 heterocycles. The van der Waals surface area contributed by atoms with Crippen molar-refractivity contribution in [3.8, 4) is 11.1 Å². The SMILES string of the molecule is CC(C)(C)C1CN(CCCn2cc(-c3cnc4ccc(Nc5nncs5)nc4c3)cn2)CCN1C(=O)O. The maximum atomic E-state index is 11.7. The molecule has 0 radical (unpaired) electrons. The van der Waals surface area contributed by atoms with Gasteiger partial charge in [-0.1, -0.05) is 32.1 Å². The predicted molar refractivity (Wildman–Crippen MR) is 143 cm³/mol. The maximum absolute atomic E-state index is 11.7. The zero-order valence-electron chi connectivity index (χ0n) is 21.2. The van der Waals surface area contributed by atoms with Crippen molar-refractivity contribution in [1.82, 2.24) is 39.7 Å². The number of fused-ring (bicyclic) bond motifs is 1. The molecule has 0 saturated carbocycles. The summed E-state index contributed by atoms with van der Waals surface area (Å²) in [4.78, 5) is 24.9. The Kier molecular flexibility index (Phi) is 7.02. The van der Waals surface area contributed by atoms with Crippen molar-refractivity contribution in [2.45, 2.75) is 39.8 Å². The van der Waals surface area contributed by atoms with Gasteiger partial charge in [0, 0.05) is 56.2 Å². The predicted octanol–water partition coefficient (Wildman–Crippen LogP) is 4.19. The lowest BCUT2D eigenvalue weighted by molar-refractivity contribution is 0.0210. The summed E-state index contributed by atoms with van der Waals surface area (Å²) >= 11 is 1.41. The van der Waals surface area contributed by atoms with E-state index < -0.39 is 6.09 Å². The molecule has 37 heavy (non-hydrogen) atoms. The summed E-state index contributed by atoms with van der Waals surface area (Å²) in [6.07, 6.45) is 5.84. The molecule has 0 aliphatic carbocycles. The fraction of sp³-hybridized carbons (Fsp3) is 0.440. The quantitative estimate of drug-likeness (QED) is 0.368. The highest BCUT2D eigenvalue weighted by Gasteiger charge is 2.37. The van der Waals surface area contributed by atoms with Gasteiger partial charge < -0.3 is 15.3 Å². The third kappa shape index (κ3) is 5.86. The highest BCUT2D eigenvalue weighted by atomic mass is 32.1. The Balaban J connectivity index is 1.20. The zero-order chi connectivity index (χ0) is 26.0. The first-order valence-electron chi connectivity index (χ1n) is 12.3. The summed E-state index contributed by atoms with van der Waals surface area (Å²) < 4.78 is 1.95. The molecule has 12 heteroatoms. The number of amides is 1. The Morgan fingerprint density at radius 2 is 2.03 bits per heavy atom. The Morgan fingerprint density at radius 3 is 2.78 bits per heavy atom. The van der Waals surface area contributed by atoms with Crippen molar-refractivity contribution in [3.05, 3.63) is 42.3 Å². The lowest BCUT2D eigenvalue weighted by Crippen LogP contribution is -2.59. The minimum Gasteiger partial charge on any atom is -0.465 e. The molecule has 0 aromatic carbocycles. The number of rotatable bonds is 7. The summed E-state index contributed by atoms with van der Waals surface area (Å²) in [5.74, 6) is 0.691. The van der Waals surface area contributed by atoms with Gasteiger partial charge in [0.2, 0.25) is 5.13 Å². The first-order chi connectivity index (χ1) is 17.8. The van der Waals surface area contributed by atoms with Crippen LogP contribution in [0.3, 0.4) is 0 Å². The molecule has 2 N–H and O–H groups in total. The van der Waals surface area contributed by atoms with E-state index in [4.69, 9.17) is 0 Å².